The first kappa shape index (κ1) is 21.6. The smallest absolute Gasteiger partial charge is 0.261 e. The van der Waals surface area contributed by atoms with Crippen LogP contribution in [0, 0.1) is 0 Å². The minimum absolute atomic E-state index is 0.142. The van der Waals surface area contributed by atoms with Crippen LogP contribution in [0.5, 0.6) is 5.75 Å². The fourth-order valence-electron chi connectivity index (χ4n) is 4.48. The van der Waals surface area contributed by atoms with Gasteiger partial charge in [0.15, 0.2) is 5.65 Å². The van der Waals surface area contributed by atoms with Gasteiger partial charge >= 0.3 is 0 Å². The summed E-state index contributed by atoms with van der Waals surface area (Å²) in [6, 6.07) is 5.42. The minimum atomic E-state index is -1.59. The van der Waals surface area contributed by atoms with Gasteiger partial charge in [-0.15, -0.1) is 0 Å². The van der Waals surface area contributed by atoms with E-state index < -0.39 is 17.9 Å². The first-order valence-corrected chi connectivity index (χ1v) is 10.9. The van der Waals surface area contributed by atoms with Crippen LogP contribution in [0.3, 0.4) is 0 Å². The molecule has 2 aliphatic rings. The van der Waals surface area contributed by atoms with E-state index in [2.05, 4.69) is 15.4 Å². The van der Waals surface area contributed by atoms with Gasteiger partial charge in [-0.05, 0) is 19.1 Å². The number of rotatable bonds is 5. The Bertz CT molecular complexity index is 1210. The van der Waals surface area contributed by atoms with Crippen LogP contribution in [0.25, 0.3) is 5.65 Å². The second kappa shape index (κ2) is 7.96. The number of aliphatic hydroxyl groups is 2. The molecular formula is C23H26FN5O4. The molecule has 33 heavy (non-hydrogen) atoms. The first-order chi connectivity index (χ1) is 15.8. The molecule has 1 amide bonds. The van der Waals surface area contributed by atoms with Crippen LogP contribution in [0.1, 0.15) is 35.7 Å². The average molecular weight is 455 g/mol. The molecule has 2 aromatic heterocycles. The van der Waals surface area contributed by atoms with E-state index in [1.165, 1.54) is 10.7 Å². The number of alkyl halides is 1. The van der Waals surface area contributed by atoms with Gasteiger partial charge in [0.25, 0.3) is 5.91 Å². The lowest BCUT2D eigenvalue weighted by atomic mass is 9.93. The number of hydrogen-bond acceptors (Lipinski definition) is 7. The van der Waals surface area contributed by atoms with Gasteiger partial charge in [0.05, 0.1) is 30.8 Å². The van der Waals surface area contributed by atoms with Crippen molar-refractivity contribution < 1.29 is 24.1 Å². The van der Waals surface area contributed by atoms with Crippen molar-refractivity contribution in [3.05, 3.63) is 47.9 Å². The highest BCUT2D eigenvalue weighted by Crippen LogP contribution is 2.43. The molecule has 0 radical (unpaired) electrons. The number of hydrogen-bond donors (Lipinski definition) is 3. The highest BCUT2D eigenvalue weighted by atomic mass is 19.1. The second-order valence-corrected chi connectivity index (χ2v) is 9.06. The van der Waals surface area contributed by atoms with Gasteiger partial charge in [0.1, 0.15) is 22.6 Å². The summed E-state index contributed by atoms with van der Waals surface area (Å²) in [6.07, 6.45) is 5.64. The van der Waals surface area contributed by atoms with Crippen LogP contribution in [-0.4, -0.2) is 68.3 Å². The normalized spacial score (nSPS) is 21.6. The standard InChI is InChI=1S/C23H26FN5O4/c1-22(13-30)11-15-9-17(27-21(32)16-12-26-29-6-2-5-25-20(16)29)18(10-19(15)33-22)28-7-3-23(24,14-31)4-8-28/h2,5-6,9-10,12,30-31H,3-4,7-8,11,13-14H2,1H3,(H,27,32)/t22-/m1/s1. The average Bonchev–Trinajstić information content (AvgIpc) is 3.40. The summed E-state index contributed by atoms with van der Waals surface area (Å²) < 4.78 is 22.1. The predicted molar refractivity (Wildman–Crippen MR) is 120 cm³/mol. The summed E-state index contributed by atoms with van der Waals surface area (Å²) in [4.78, 5) is 19.4. The number of amides is 1. The number of carbonyl (C=O) groups excluding carboxylic acids is 1. The number of aromatic nitrogens is 3. The molecule has 0 aliphatic carbocycles. The third-order valence-corrected chi connectivity index (χ3v) is 6.49. The fourth-order valence-corrected chi connectivity index (χ4v) is 4.48. The Labute approximate surface area is 189 Å². The van der Waals surface area contributed by atoms with Gasteiger partial charge in [-0.25, -0.2) is 13.9 Å². The van der Waals surface area contributed by atoms with E-state index in [0.29, 0.717) is 47.8 Å². The Morgan fingerprint density at radius 3 is 2.79 bits per heavy atom. The van der Waals surface area contributed by atoms with E-state index in [9.17, 15) is 19.4 Å². The van der Waals surface area contributed by atoms with E-state index >= 15 is 0 Å². The monoisotopic (exact) mass is 455 g/mol. The molecule has 1 atom stereocenters. The molecule has 0 spiro atoms. The Morgan fingerprint density at radius 1 is 1.27 bits per heavy atom. The van der Waals surface area contributed by atoms with Gasteiger partial charge in [0.2, 0.25) is 0 Å². The Morgan fingerprint density at radius 2 is 2.06 bits per heavy atom. The SMILES string of the molecule is C[C@]1(CO)Cc2cc(NC(=O)c3cnn4cccnc34)c(N3CCC(F)(CO)CC3)cc2O1. The molecule has 174 valence electrons. The van der Waals surface area contributed by atoms with Crippen LogP contribution >= 0.6 is 0 Å². The lowest BCUT2D eigenvalue weighted by molar-refractivity contribution is 0.0445. The van der Waals surface area contributed by atoms with Crippen molar-refractivity contribution in [2.24, 2.45) is 0 Å². The van der Waals surface area contributed by atoms with Gasteiger partial charge < -0.3 is 25.2 Å². The van der Waals surface area contributed by atoms with Gasteiger partial charge in [-0.1, -0.05) is 0 Å². The summed E-state index contributed by atoms with van der Waals surface area (Å²) in [5, 5.41) is 26.3. The van der Waals surface area contributed by atoms with Crippen molar-refractivity contribution in [3.63, 3.8) is 0 Å². The molecule has 5 rings (SSSR count). The highest BCUT2D eigenvalue weighted by Gasteiger charge is 2.38. The van der Waals surface area contributed by atoms with Crippen molar-refractivity contribution >= 4 is 22.9 Å². The van der Waals surface area contributed by atoms with E-state index in [4.69, 9.17) is 4.74 Å². The molecular weight excluding hydrogens is 429 g/mol. The van der Waals surface area contributed by atoms with Crippen molar-refractivity contribution in [2.45, 2.75) is 37.5 Å². The summed E-state index contributed by atoms with van der Waals surface area (Å²) in [7, 11) is 0. The number of anilines is 2. The van der Waals surface area contributed by atoms with Gasteiger partial charge in [-0.2, -0.15) is 5.10 Å². The van der Waals surface area contributed by atoms with E-state index in [-0.39, 0.29) is 25.4 Å². The summed E-state index contributed by atoms with van der Waals surface area (Å²) in [5.41, 5.74) is 0.587. The van der Waals surface area contributed by atoms with E-state index in [1.807, 2.05) is 24.0 Å². The zero-order chi connectivity index (χ0) is 23.2. The zero-order valence-electron chi connectivity index (χ0n) is 18.3. The van der Waals surface area contributed by atoms with Crippen LogP contribution < -0.4 is 15.0 Å². The molecule has 1 aromatic carbocycles. The molecule has 3 N–H and O–H groups in total. The quantitative estimate of drug-likeness (QED) is 0.539. The van der Waals surface area contributed by atoms with Crippen LogP contribution in [-0.2, 0) is 6.42 Å². The number of nitrogens with one attached hydrogen (secondary N) is 1. The number of halogens is 1. The molecule has 0 saturated carbocycles. The number of carbonyl (C=O) groups is 1. The largest absolute Gasteiger partial charge is 0.484 e. The summed E-state index contributed by atoms with van der Waals surface area (Å²) >= 11 is 0. The maximum absolute atomic E-state index is 14.6. The molecule has 4 heterocycles. The van der Waals surface area contributed by atoms with Gasteiger partial charge in [0, 0.05) is 56.4 Å². The number of nitrogens with zero attached hydrogens (tertiary/aromatic N) is 4. The van der Waals surface area contributed by atoms with Crippen molar-refractivity contribution in [1.82, 2.24) is 14.6 Å². The Hall–Kier alpha value is -3.24. The molecule has 2 aliphatic heterocycles. The number of ether oxygens (including phenoxy) is 1. The fraction of sp³-hybridized carbons (Fsp3) is 0.435. The molecule has 1 saturated heterocycles. The number of fused-ring (bicyclic) bond motifs is 2. The highest BCUT2D eigenvalue weighted by molar-refractivity contribution is 6.09. The second-order valence-electron chi connectivity index (χ2n) is 9.06. The Kier molecular flexibility index (Phi) is 5.21. The molecule has 0 unspecified atom stereocenters. The first-order valence-electron chi connectivity index (χ1n) is 10.9. The number of aliphatic hydroxyl groups excluding tert-OH is 2. The number of piperidine rings is 1. The van der Waals surface area contributed by atoms with Crippen LogP contribution in [0.4, 0.5) is 15.8 Å². The topological polar surface area (TPSA) is 112 Å². The molecule has 3 aromatic rings. The third-order valence-electron chi connectivity index (χ3n) is 6.49. The number of benzene rings is 1. The Balaban J connectivity index is 1.49. The predicted octanol–water partition coefficient (Wildman–Crippen LogP) is 1.97. The maximum atomic E-state index is 14.6. The van der Waals surface area contributed by atoms with Crippen molar-refractivity contribution in [2.75, 3.05) is 36.5 Å². The van der Waals surface area contributed by atoms with Crippen molar-refractivity contribution in [3.8, 4) is 5.75 Å². The maximum Gasteiger partial charge on any atom is 0.261 e. The van der Waals surface area contributed by atoms with Crippen LogP contribution in [0.2, 0.25) is 0 Å². The van der Waals surface area contributed by atoms with Crippen LogP contribution in [0.15, 0.2) is 36.8 Å². The molecule has 10 heteroatoms. The zero-order valence-corrected chi connectivity index (χ0v) is 18.3. The third kappa shape index (κ3) is 3.89. The summed E-state index contributed by atoms with van der Waals surface area (Å²) in [6.45, 7) is 1.95. The van der Waals surface area contributed by atoms with E-state index in [1.54, 1.807) is 18.5 Å². The van der Waals surface area contributed by atoms with Gasteiger partial charge in [-0.3, -0.25) is 4.79 Å². The molecule has 0 bridgehead atoms. The lowest BCUT2D eigenvalue weighted by Crippen LogP contribution is -2.44. The minimum Gasteiger partial charge on any atom is -0.484 e. The van der Waals surface area contributed by atoms with Crippen molar-refractivity contribution in [1.29, 1.82) is 0 Å². The summed E-state index contributed by atoms with van der Waals surface area (Å²) in [5.74, 6) is 0.275. The lowest BCUT2D eigenvalue weighted by Gasteiger charge is -2.37. The molecule has 9 nitrogen and oxygen atoms in total. The molecule has 1 fully saturated rings. The van der Waals surface area contributed by atoms with E-state index in [0.717, 1.165) is 5.56 Å².